The molecule has 1 amide bonds. The molecule has 0 aromatic heterocycles. The zero-order valence-corrected chi connectivity index (χ0v) is 13.9. The van der Waals surface area contributed by atoms with Gasteiger partial charge >= 0.3 is 5.97 Å². The van der Waals surface area contributed by atoms with Crippen molar-refractivity contribution in [3.8, 4) is 0 Å². The third kappa shape index (κ3) is 5.14. The molecule has 0 radical (unpaired) electrons. The van der Waals surface area contributed by atoms with Crippen molar-refractivity contribution < 1.29 is 14.3 Å². The second-order valence-electron chi connectivity index (χ2n) is 5.46. The van der Waals surface area contributed by atoms with Gasteiger partial charge in [-0.05, 0) is 30.9 Å². The first kappa shape index (κ1) is 19.5. The second kappa shape index (κ2) is 8.74. The van der Waals surface area contributed by atoms with Gasteiger partial charge in [-0.3, -0.25) is 4.79 Å². The van der Waals surface area contributed by atoms with Crippen molar-refractivity contribution in [2.45, 2.75) is 44.7 Å². The molecule has 2 unspecified atom stereocenters. The minimum absolute atomic E-state index is 0. The lowest BCUT2D eigenvalue weighted by Crippen LogP contribution is -2.61. The van der Waals surface area contributed by atoms with Gasteiger partial charge in [0.05, 0.1) is 13.2 Å². The second-order valence-corrected chi connectivity index (χ2v) is 6.56. The van der Waals surface area contributed by atoms with E-state index in [1.807, 2.05) is 13.8 Å². The smallest absolute Gasteiger partial charge is 0.332 e. The van der Waals surface area contributed by atoms with Gasteiger partial charge in [0.2, 0.25) is 5.91 Å². The fourth-order valence-electron chi connectivity index (χ4n) is 2.24. The van der Waals surface area contributed by atoms with Gasteiger partial charge in [-0.2, -0.15) is 11.8 Å². The van der Waals surface area contributed by atoms with Crippen molar-refractivity contribution in [2.75, 3.05) is 18.6 Å². The van der Waals surface area contributed by atoms with Gasteiger partial charge in [0.1, 0.15) is 5.54 Å². The third-order valence-electron chi connectivity index (χ3n) is 3.24. The van der Waals surface area contributed by atoms with Crippen LogP contribution in [-0.4, -0.2) is 42.1 Å². The van der Waals surface area contributed by atoms with E-state index in [9.17, 15) is 9.59 Å². The number of nitrogens with two attached hydrogens (primary N) is 1. The largest absolute Gasteiger partial charge is 0.467 e. The Morgan fingerprint density at radius 2 is 2.10 bits per heavy atom. The highest BCUT2D eigenvalue weighted by molar-refractivity contribution is 7.99. The van der Waals surface area contributed by atoms with E-state index < -0.39 is 11.6 Å². The van der Waals surface area contributed by atoms with E-state index in [0.717, 1.165) is 12.2 Å². The first-order valence-electron chi connectivity index (χ1n) is 6.65. The van der Waals surface area contributed by atoms with Gasteiger partial charge in [-0.1, -0.05) is 13.8 Å². The summed E-state index contributed by atoms with van der Waals surface area (Å²) in [7, 11) is 1.35. The summed E-state index contributed by atoms with van der Waals surface area (Å²) in [5.74, 6) is 1.27. The molecule has 1 saturated heterocycles. The average Bonchev–Trinajstić information content (AvgIpc) is 2.37. The van der Waals surface area contributed by atoms with E-state index >= 15 is 0 Å². The van der Waals surface area contributed by atoms with E-state index in [-0.39, 0.29) is 24.3 Å². The number of thioether (sulfide) groups is 1. The number of hydrogen-bond acceptors (Lipinski definition) is 5. The highest BCUT2D eigenvalue weighted by atomic mass is 35.5. The maximum absolute atomic E-state index is 12.1. The Morgan fingerprint density at radius 1 is 1.45 bits per heavy atom. The maximum atomic E-state index is 12.1. The molecule has 7 heteroatoms. The number of amides is 1. The molecule has 20 heavy (non-hydrogen) atoms. The van der Waals surface area contributed by atoms with Crippen LogP contribution in [0.1, 0.15) is 33.1 Å². The Labute approximate surface area is 131 Å². The van der Waals surface area contributed by atoms with E-state index in [1.165, 1.54) is 7.11 Å². The summed E-state index contributed by atoms with van der Waals surface area (Å²) >= 11 is 1.66. The van der Waals surface area contributed by atoms with Gasteiger partial charge in [0, 0.05) is 5.75 Å². The summed E-state index contributed by atoms with van der Waals surface area (Å²) in [5, 5.41) is 2.83. The van der Waals surface area contributed by atoms with Crippen LogP contribution in [0.2, 0.25) is 0 Å². The predicted molar refractivity (Wildman–Crippen MR) is 84.1 cm³/mol. The highest BCUT2D eigenvalue weighted by Gasteiger charge is 2.43. The Balaban J connectivity index is 0.00000361. The van der Waals surface area contributed by atoms with Gasteiger partial charge < -0.3 is 15.8 Å². The quantitative estimate of drug-likeness (QED) is 0.746. The molecule has 118 valence electrons. The van der Waals surface area contributed by atoms with Crippen LogP contribution in [0.3, 0.4) is 0 Å². The molecule has 1 heterocycles. The molecule has 0 bridgehead atoms. The van der Waals surface area contributed by atoms with E-state index in [2.05, 4.69) is 5.32 Å². The zero-order chi connectivity index (χ0) is 14.5. The molecule has 0 spiro atoms. The van der Waals surface area contributed by atoms with E-state index in [0.29, 0.717) is 24.5 Å². The van der Waals surface area contributed by atoms with Crippen LogP contribution >= 0.6 is 24.2 Å². The van der Waals surface area contributed by atoms with Crippen LogP contribution in [0.5, 0.6) is 0 Å². The van der Waals surface area contributed by atoms with E-state index in [1.54, 1.807) is 11.8 Å². The standard InChI is InChI=1S/C13H24N2O3S.ClH/c1-9(2)7-10(14)11(16)15-13(12(17)18-3)5-4-6-19-8-13;/h9-10H,4-8,14H2,1-3H3,(H,15,16);1H. The Morgan fingerprint density at radius 3 is 2.55 bits per heavy atom. The fraction of sp³-hybridized carbons (Fsp3) is 0.846. The predicted octanol–water partition coefficient (Wildman–Crippen LogP) is 1.34. The number of nitrogens with one attached hydrogen (secondary N) is 1. The summed E-state index contributed by atoms with van der Waals surface area (Å²) in [5.41, 5.74) is 4.97. The maximum Gasteiger partial charge on any atom is 0.332 e. The summed E-state index contributed by atoms with van der Waals surface area (Å²) in [6.07, 6.45) is 2.11. The van der Waals surface area contributed by atoms with Crippen molar-refractivity contribution in [1.29, 1.82) is 0 Å². The Kier molecular flexibility index (Phi) is 8.54. The van der Waals surface area contributed by atoms with Gasteiger partial charge in [-0.25, -0.2) is 4.79 Å². The molecule has 0 saturated carbocycles. The molecule has 5 nitrogen and oxygen atoms in total. The molecule has 0 aliphatic carbocycles. The lowest BCUT2D eigenvalue weighted by molar-refractivity contribution is -0.150. The third-order valence-corrected chi connectivity index (χ3v) is 4.52. The van der Waals surface area contributed by atoms with Gasteiger partial charge in [-0.15, -0.1) is 12.4 Å². The molecule has 1 aliphatic rings. The Bertz CT molecular complexity index is 334. The number of halogens is 1. The molecule has 2 atom stereocenters. The minimum atomic E-state index is -0.899. The van der Waals surface area contributed by atoms with Crippen molar-refractivity contribution in [3.05, 3.63) is 0 Å². The van der Waals surface area contributed by atoms with Crippen LogP contribution in [0.4, 0.5) is 0 Å². The fourth-order valence-corrected chi connectivity index (χ4v) is 3.42. The topological polar surface area (TPSA) is 81.4 Å². The van der Waals surface area contributed by atoms with Crippen molar-refractivity contribution >= 4 is 36.0 Å². The molecule has 3 N–H and O–H groups in total. The summed E-state index contributed by atoms with van der Waals surface area (Å²) in [4.78, 5) is 24.1. The van der Waals surface area contributed by atoms with Crippen LogP contribution in [-0.2, 0) is 14.3 Å². The van der Waals surface area contributed by atoms with Crippen LogP contribution in [0, 0.1) is 5.92 Å². The average molecular weight is 325 g/mol. The Hall–Kier alpha value is -0.460. The van der Waals surface area contributed by atoms with Crippen LogP contribution in [0.15, 0.2) is 0 Å². The number of ether oxygens (including phenoxy) is 1. The van der Waals surface area contributed by atoms with Crippen LogP contribution in [0.25, 0.3) is 0 Å². The number of hydrogen-bond donors (Lipinski definition) is 2. The zero-order valence-electron chi connectivity index (χ0n) is 12.3. The monoisotopic (exact) mass is 324 g/mol. The highest BCUT2D eigenvalue weighted by Crippen LogP contribution is 2.28. The number of rotatable bonds is 5. The first-order chi connectivity index (χ1) is 8.91. The molecule has 1 rings (SSSR count). The molecule has 0 aromatic rings. The van der Waals surface area contributed by atoms with Gasteiger partial charge in [0.25, 0.3) is 0 Å². The summed E-state index contributed by atoms with van der Waals surface area (Å²) < 4.78 is 4.85. The molecular formula is C13H25ClN2O3S. The van der Waals surface area contributed by atoms with E-state index in [4.69, 9.17) is 10.5 Å². The van der Waals surface area contributed by atoms with Crippen molar-refractivity contribution in [3.63, 3.8) is 0 Å². The number of methoxy groups -OCH3 is 1. The molecule has 0 aromatic carbocycles. The SMILES string of the molecule is COC(=O)C1(NC(=O)C(N)CC(C)C)CCCSC1.Cl. The number of esters is 1. The normalized spacial score (nSPS) is 23.6. The summed E-state index contributed by atoms with van der Waals surface area (Å²) in [6.45, 7) is 4.03. The van der Waals surface area contributed by atoms with Crippen LogP contribution < -0.4 is 11.1 Å². The lowest BCUT2D eigenvalue weighted by Gasteiger charge is -2.35. The minimum Gasteiger partial charge on any atom is -0.467 e. The van der Waals surface area contributed by atoms with Crippen molar-refractivity contribution in [2.24, 2.45) is 11.7 Å². The molecular weight excluding hydrogens is 300 g/mol. The molecule has 1 fully saturated rings. The summed E-state index contributed by atoms with van der Waals surface area (Å²) in [6, 6.07) is -0.576. The number of carbonyl (C=O) groups is 2. The molecule has 1 aliphatic heterocycles. The first-order valence-corrected chi connectivity index (χ1v) is 7.80. The number of carbonyl (C=O) groups excluding carboxylic acids is 2. The lowest BCUT2D eigenvalue weighted by atomic mass is 9.94. The van der Waals surface area contributed by atoms with Gasteiger partial charge in [0.15, 0.2) is 0 Å². The van der Waals surface area contributed by atoms with Crippen molar-refractivity contribution in [1.82, 2.24) is 5.32 Å².